The zero-order valence-electron chi connectivity index (χ0n) is 23.2. The minimum Gasteiger partial charge on any atom is -0.395 e. The van der Waals surface area contributed by atoms with Gasteiger partial charge in [-0.25, -0.2) is 4.98 Å². The van der Waals surface area contributed by atoms with E-state index in [9.17, 15) is 29.5 Å². The summed E-state index contributed by atoms with van der Waals surface area (Å²) in [7, 11) is -2.56. The quantitative estimate of drug-likeness (QED) is 0.102. The van der Waals surface area contributed by atoms with E-state index in [0.717, 1.165) is 22.2 Å². The van der Waals surface area contributed by atoms with Crippen molar-refractivity contribution < 1.29 is 38.8 Å². The van der Waals surface area contributed by atoms with Crippen molar-refractivity contribution in [3.8, 4) is 0 Å². The largest absolute Gasteiger partial charge is 0.642 e. The van der Waals surface area contributed by atoms with E-state index in [2.05, 4.69) is 15.0 Å². The SMILES string of the molecule is CC(C)(CO)C(=O)SCCO[P+](=O)N(Cc1ccccc1)OC[C@H]1O[C@@H](n2cnc3c(=O)[nH]c(N)nc32)[C@](C)(O)[C@@H]1O. The van der Waals surface area contributed by atoms with Gasteiger partial charge in [0.05, 0.1) is 29.7 Å². The van der Waals surface area contributed by atoms with Crippen LogP contribution in [0.4, 0.5) is 5.95 Å². The molecular weight excluding hydrogens is 591 g/mol. The van der Waals surface area contributed by atoms with Gasteiger partial charge in [-0.3, -0.25) is 24.0 Å². The molecule has 0 spiro atoms. The van der Waals surface area contributed by atoms with Gasteiger partial charge in [0.2, 0.25) is 5.95 Å². The number of fused-ring (bicyclic) bond motifs is 1. The number of nitrogens with two attached hydrogens (primary N) is 1. The van der Waals surface area contributed by atoms with Crippen LogP contribution >= 0.6 is 19.9 Å². The van der Waals surface area contributed by atoms with Gasteiger partial charge in [-0.05, 0) is 30.9 Å². The molecule has 4 rings (SSSR count). The van der Waals surface area contributed by atoms with E-state index in [1.165, 1.54) is 17.8 Å². The fourth-order valence-corrected chi connectivity index (χ4v) is 5.86. The molecule has 1 saturated heterocycles. The predicted octanol–water partition coefficient (Wildman–Crippen LogP) is 1.10. The smallest absolute Gasteiger partial charge is 0.395 e. The molecule has 1 unspecified atom stereocenters. The number of nitrogens with one attached hydrogen (secondary N) is 1. The Balaban J connectivity index is 1.44. The van der Waals surface area contributed by atoms with Crippen molar-refractivity contribution >= 4 is 42.2 Å². The number of anilines is 1. The van der Waals surface area contributed by atoms with Gasteiger partial charge in [-0.2, -0.15) is 4.98 Å². The van der Waals surface area contributed by atoms with Crippen molar-refractivity contribution in [1.29, 1.82) is 0 Å². The van der Waals surface area contributed by atoms with E-state index in [0.29, 0.717) is 0 Å². The molecule has 17 heteroatoms. The first-order chi connectivity index (χ1) is 19.8. The Kier molecular flexibility index (Phi) is 10.1. The van der Waals surface area contributed by atoms with Crippen molar-refractivity contribution in [2.45, 2.75) is 51.4 Å². The lowest BCUT2D eigenvalue weighted by Crippen LogP contribution is -2.44. The highest BCUT2D eigenvalue weighted by Crippen LogP contribution is 2.40. The van der Waals surface area contributed by atoms with E-state index in [1.807, 2.05) is 6.07 Å². The molecule has 3 aromatic rings. The molecule has 15 nitrogen and oxygen atoms in total. The average Bonchev–Trinajstić information content (AvgIpc) is 3.46. The Morgan fingerprint density at radius 2 is 2.07 bits per heavy atom. The number of nitrogens with zero attached hydrogens (tertiary/aromatic N) is 4. The lowest BCUT2D eigenvalue weighted by molar-refractivity contribution is -0.150. The Bertz CT molecular complexity index is 1470. The van der Waals surface area contributed by atoms with E-state index in [4.69, 9.17) is 19.8 Å². The van der Waals surface area contributed by atoms with Gasteiger partial charge < -0.3 is 25.8 Å². The Hall–Kier alpha value is -2.79. The molecule has 2 aromatic heterocycles. The van der Waals surface area contributed by atoms with Crippen molar-refractivity contribution in [3.05, 3.63) is 52.6 Å². The molecule has 0 aliphatic carbocycles. The third-order valence-electron chi connectivity index (χ3n) is 6.65. The third kappa shape index (κ3) is 7.05. The van der Waals surface area contributed by atoms with Gasteiger partial charge in [-0.1, -0.05) is 42.1 Å². The summed E-state index contributed by atoms with van der Waals surface area (Å²) in [5.41, 5.74) is 3.12. The van der Waals surface area contributed by atoms with Gasteiger partial charge in [0, 0.05) is 5.75 Å². The second-order valence-electron chi connectivity index (χ2n) is 10.5. The summed E-state index contributed by atoms with van der Waals surface area (Å²) in [6, 6.07) is 9.04. The number of aromatic nitrogens is 4. The standard InChI is InChI=1S/C25H33N6O9PS/c1-24(2,13-32)22(35)42-10-9-39-41(37)31(11-15-7-5-4-6-8-15)38-12-16-18(33)25(3,36)21(40-16)30-14-27-17-19(30)28-23(26)29-20(17)34/h4-8,14,16,18,21,32-33,36H,9-13H2,1-3H3,(H2-,26,28,29,34)/p+1/t16-,18-,21-,25-/m1/s1. The summed E-state index contributed by atoms with van der Waals surface area (Å²) in [6.45, 7) is 4.00. The van der Waals surface area contributed by atoms with Crippen LogP contribution in [0, 0.1) is 5.41 Å². The number of thioether (sulfide) groups is 1. The number of ether oxygens (including phenoxy) is 1. The second kappa shape index (κ2) is 13.2. The average molecular weight is 626 g/mol. The molecule has 0 saturated carbocycles. The highest BCUT2D eigenvalue weighted by atomic mass is 32.2. The maximum Gasteiger partial charge on any atom is 0.642 e. The summed E-state index contributed by atoms with van der Waals surface area (Å²) < 4.78 is 25.8. The van der Waals surface area contributed by atoms with E-state index in [1.54, 1.807) is 38.1 Å². The first-order valence-electron chi connectivity index (χ1n) is 13.0. The lowest BCUT2D eigenvalue weighted by Gasteiger charge is -2.27. The second-order valence-corrected chi connectivity index (χ2v) is 12.8. The topological polar surface area (TPSA) is 215 Å². The first-order valence-corrected chi connectivity index (χ1v) is 15.1. The summed E-state index contributed by atoms with van der Waals surface area (Å²) in [5.74, 6) is 0.0464. The molecule has 228 valence electrons. The molecule has 3 heterocycles. The zero-order valence-corrected chi connectivity index (χ0v) is 25.0. The predicted molar refractivity (Wildman–Crippen MR) is 153 cm³/mol. The van der Waals surface area contributed by atoms with Crippen molar-refractivity contribution in [1.82, 2.24) is 24.4 Å². The van der Waals surface area contributed by atoms with Crippen LogP contribution in [-0.2, 0) is 30.0 Å². The van der Waals surface area contributed by atoms with Gasteiger partial charge >= 0.3 is 8.18 Å². The minimum atomic E-state index is -2.56. The molecule has 0 radical (unpaired) electrons. The Labute approximate surface area is 245 Å². The number of aliphatic hydroxyl groups is 3. The molecule has 1 aromatic carbocycles. The summed E-state index contributed by atoms with van der Waals surface area (Å²) >= 11 is 0.966. The number of aromatic amines is 1. The number of aliphatic hydroxyl groups excluding tert-OH is 2. The number of hydrogen-bond donors (Lipinski definition) is 5. The van der Waals surface area contributed by atoms with Gasteiger partial charge in [-0.15, -0.1) is 4.52 Å². The van der Waals surface area contributed by atoms with Gasteiger partial charge in [0.15, 0.2) is 22.5 Å². The van der Waals surface area contributed by atoms with Crippen LogP contribution in [0.15, 0.2) is 41.5 Å². The molecule has 42 heavy (non-hydrogen) atoms. The van der Waals surface area contributed by atoms with Crippen LogP contribution < -0.4 is 11.3 Å². The Morgan fingerprint density at radius 1 is 1.36 bits per heavy atom. The first kappa shape index (κ1) is 32.1. The van der Waals surface area contributed by atoms with Crippen LogP contribution in [0.1, 0.15) is 32.6 Å². The molecular formula is C25H34N6O9PS+. The van der Waals surface area contributed by atoms with Gasteiger partial charge in [0.1, 0.15) is 31.0 Å². The van der Waals surface area contributed by atoms with E-state index in [-0.39, 0.29) is 54.3 Å². The number of rotatable bonds is 13. The molecule has 1 aliphatic rings. The third-order valence-corrected chi connectivity index (χ3v) is 8.86. The molecule has 0 bridgehead atoms. The molecule has 1 fully saturated rings. The van der Waals surface area contributed by atoms with Crippen LogP contribution in [0.25, 0.3) is 11.2 Å². The van der Waals surface area contributed by atoms with Crippen LogP contribution in [0.2, 0.25) is 0 Å². The van der Waals surface area contributed by atoms with Crippen LogP contribution in [0.5, 0.6) is 0 Å². The van der Waals surface area contributed by atoms with Crippen LogP contribution in [-0.4, -0.2) is 88.2 Å². The molecule has 5 atom stereocenters. The highest BCUT2D eigenvalue weighted by molar-refractivity contribution is 8.13. The van der Waals surface area contributed by atoms with Crippen molar-refractivity contribution in [2.75, 3.05) is 31.3 Å². The van der Waals surface area contributed by atoms with E-state index >= 15 is 0 Å². The maximum absolute atomic E-state index is 13.1. The highest BCUT2D eigenvalue weighted by Gasteiger charge is 2.54. The molecule has 1 aliphatic heterocycles. The maximum atomic E-state index is 13.1. The van der Waals surface area contributed by atoms with Crippen molar-refractivity contribution in [2.24, 2.45) is 5.41 Å². The Morgan fingerprint density at radius 3 is 2.76 bits per heavy atom. The normalized spacial score (nSPS) is 23.1. The number of carbonyl (C=O) groups is 1. The fourth-order valence-electron chi connectivity index (χ4n) is 4.12. The monoisotopic (exact) mass is 625 g/mol. The zero-order chi connectivity index (χ0) is 30.7. The number of hydrogen-bond acceptors (Lipinski definition) is 13. The minimum absolute atomic E-state index is 0.0271. The number of nitrogen functional groups attached to an aromatic ring is 1. The number of H-pyrrole nitrogens is 1. The fraction of sp³-hybridized carbons (Fsp3) is 0.520. The number of benzene rings is 1. The number of hydroxylamine groups is 1. The van der Waals surface area contributed by atoms with Crippen molar-refractivity contribution in [3.63, 3.8) is 0 Å². The number of imidazole rings is 1. The summed E-state index contributed by atoms with van der Waals surface area (Å²) in [5, 5.41) is 31.2. The van der Waals surface area contributed by atoms with Crippen LogP contribution in [0.3, 0.4) is 0 Å². The van der Waals surface area contributed by atoms with E-state index < -0.39 is 43.2 Å². The number of carbonyl (C=O) groups excluding carboxylic acids is 1. The summed E-state index contributed by atoms with van der Waals surface area (Å²) in [6.07, 6.45) is -2.53. The lowest BCUT2D eigenvalue weighted by atomic mass is 9.96. The molecule has 6 N–H and O–H groups in total. The van der Waals surface area contributed by atoms with Gasteiger partial charge in [0.25, 0.3) is 5.56 Å². The summed E-state index contributed by atoms with van der Waals surface area (Å²) in [4.78, 5) is 41.8. The molecule has 0 amide bonds.